The number of benzene rings is 2. The van der Waals surface area contributed by atoms with Crippen LogP contribution in [0.4, 0.5) is 10.5 Å². The van der Waals surface area contributed by atoms with Crippen LogP contribution in [-0.4, -0.2) is 52.7 Å². The van der Waals surface area contributed by atoms with Crippen LogP contribution in [0, 0.1) is 0 Å². The summed E-state index contributed by atoms with van der Waals surface area (Å²) in [5, 5.41) is 14.4. The van der Waals surface area contributed by atoms with Crippen molar-refractivity contribution in [2.75, 3.05) is 23.9 Å². The summed E-state index contributed by atoms with van der Waals surface area (Å²) in [5.41, 5.74) is 4.65. The fraction of sp³-hybridized carbons (Fsp3) is 0.231. The highest BCUT2D eigenvalue weighted by Crippen LogP contribution is 2.44. The van der Waals surface area contributed by atoms with Gasteiger partial charge in [-0.15, -0.1) is 0 Å². The number of hydrogen-bond acceptors (Lipinski definition) is 6. The third-order valence-electron chi connectivity index (χ3n) is 5.82. The predicted octanol–water partition coefficient (Wildman–Crippen LogP) is 4.38. The minimum atomic E-state index is -1.15. The summed E-state index contributed by atoms with van der Waals surface area (Å²) in [7, 11) is 0. The molecule has 1 aliphatic rings. The van der Waals surface area contributed by atoms with Gasteiger partial charge in [0, 0.05) is 12.1 Å². The summed E-state index contributed by atoms with van der Waals surface area (Å²) >= 11 is 1.54. The molecule has 9 heteroatoms. The van der Waals surface area contributed by atoms with Gasteiger partial charge in [0.05, 0.1) is 17.4 Å². The molecule has 0 radical (unpaired) electrons. The molecule has 0 spiro atoms. The lowest BCUT2D eigenvalue weighted by molar-refractivity contribution is -0.118. The van der Waals surface area contributed by atoms with Crippen LogP contribution in [0.25, 0.3) is 11.1 Å². The molecular weight excluding hydrogens is 466 g/mol. The Morgan fingerprint density at radius 3 is 2.34 bits per heavy atom. The number of hydrogen-bond donors (Lipinski definition) is 3. The van der Waals surface area contributed by atoms with Gasteiger partial charge < -0.3 is 20.5 Å². The molecule has 8 nitrogen and oxygen atoms in total. The Morgan fingerprint density at radius 1 is 1.06 bits per heavy atom. The van der Waals surface area contributed by atoms with Crippen LogP contribution in [0.15, 0.2) is 67.0 Å². The van der Waals surface area contributed by atoms with E-state index in [0.29, 0.717) is 12.2 Å². The number of nitrogens with zero attached hydrogens (tertiary/aromatic N) is 1. The highest BCUT2D eigenvalue weighted by atomic mass is 32.2. The van der Waals surface area contributed by atoms with Crippen molar-refractivity contribution in [1.82, 2.24) is 10.3 Å². The van der Waals surface area contributed by atoms with Crippen LogP contribution in [0.5, 0.6) is 0 Å². The molecule has 4 rings (SSSR count). The van der Waals surface area contributed by atoms with E-state index in [-0.39, 0.29) is 23.8 Å². The quantitative estimate of drug-likeness (QED) is 0.407. The van der Waals surface area contributed by atoms with Crippen molar-refractivity contribution in [2.45, 2.75) is 18.4 Å². The van der Waals surface area contributed by atoms with E-state index in [0.717, 1.165) is 22.3 Å². The molecule has 0 aliphatic heterocycles. The Kier molecular flexibility index (Phi) is 7.67. The Hall–Kier alpha value is -3.85. The SMILES string of the molecule is CSCCC(NC(=O)OCC1c2ccccc2-c2ccccc21)C(=O)Nc1cncc(C(=O)O)c1. The van der Waals surface area contributed by atoms with Crippen molar-refractivity contribution in [2.24, 2.45) is 0 Å². The molecule has 0 saturated heterocycles. The first-order valence-corrected chi connectivity index (χ1v) is 12.5. The first-order valence-electron chi connectivity index (χ1n) is 11.1. The first-order chi connectivity index (χ1) is 17.0. The zero-order valence-electron chi connectivity index (χ0n) is 19.1. The number of nitrogens with one attached hydrogen (secondary N) is 2. The van der Waals surface area contributed by atoms with Crippen molar-refractivity contribution in [3.8, 4) is 11.1 Å². The van der Waals surface area contributed by atoms with Crippen LogP contribution in [0.3, 0.4) is 0 Å². The van der Waals surface area contributed by atoms with Crippen LogP contribution in [0.1, 0.15) is 33.8 Å². The number of carbonyl (C=O) groups is 3. The van der Waals surface area contributed by atoms with Gasteiger partial charge in [0.2, 0.25) is 5.91 Å². The van der Waals surface area contributed by atoms with Crippen molar-refractivity contribution < 1.29 is 24.2 Å². The Balaban J connectivity index is 1.41. The summed E-state index contributed by atoms with van der Waals surface area (Å²) in [6.07, 6.45) is 4.14. The molecule has 1 atom stereocenters. The van der Waals surface area contributed by atoms with Crippen LogP contribution >= 0.6 is 11.8 Å². The number of alkyl carbamates (subject to hydrolysis) is 1. The van der Waals surface area contributed by atoms with E-state index in [1.165, 1.54) is 18.5 Å². The van der Waals surface area contributed by atoms with Crippen LogP contribution in [0.2, 0.25) is 0 Å². The molecule has 2 aromatic carbocycles. The molecule has 0 bridgehead atoms. The number of aromatic nitrogens is 1. The van der Waals surface area contributed by atoms with Gasteiger partial charge in [-0.05, 0) is 46.7 Å². The summed E-state index contributed by atoms with van der Waals surface area (Å²) in [4.78, 5) is 40.6. The van der Waals surface area contributed by atoms with Crippen molar-refractivity contribution in [3.05, 3.63) is 83.7 Å². The number of carboxylic acid groups (broad SMARTS) is 1. The molecule has 1 aromatic heterocycles. The molecule has 180 valence electrons. The summed E-state index contributed by atoms with van der Waals surface area (Å²) < 4.78 is 5.57. The highest BCUT2D eigenvalue weighted by molar-refractivity contribution is 7.98. The van der Waals surface area contributed by atoms with Crippen molar-refractivity contribution in [1.29, 1.82) is 0 Å². The lowest BCUT2D eigenvalue weighted by Crippen LogP contribution is -2.44. The molecule has 3 N–H and O–H groups in total. The third-order valence-corrected chi connectivity index (χ3v) is 6.46. The van der Waals surface area contributed by atoms with Crippen molar-refractivity contribution >= 4 is 35.4 Å². The number of anilines is 1. The summed E-state index contributed by atoms with van der Waals surface area (Å²) in [6, 6.07) is 16.6. The van der Waals surface area contributed by atoms with Gasteiger partial charge >= 0.3 is 12.1 Å². The van der Waals surface area contributed by atoms with E-state index in [1.54, 1.807) is 11.8 Å². The average molecular weight is 492 g/mol. The number of thioether (sulfide) groups is 1. The fourth-order valence-corrected chi connectivity index (χ4v) is 4.61. The van der Waals surface area contributed by atoms with Gasteiger partial charge in [-0.1, -0.05) is 48.5 Å². The lowest BCUT2D eigenvalue weighted by Gasteiger charge is -2.19. The average Bonchev–Trinajstić information content (AvgIpc) is 3.19. The van der Waals surface area contributed by atoms with E-state index in [1.807, 2.05) is 42.7 Å². The smallest absolute Gasteiger partial charge is 0.407 e. The number of pyridine rings is 1. The monoisotopic (exact) mass is 491 g/mol. The summed E-state index contributed by atoms with van der Waals surface area (Å²) in [6.45, 7) is 0.140. The molecule has 0 saturated carbocycles. The minimum absolute atomic E-state index is 0.0482. The molecular formula is C26H25N3O5S. The maximum absolute atomic E-state index is 12.9. The number of carbonyl (C=O) groups excluding carboxylic acids is 2. The summed E-state index contributed by atoms with van der Waals surface area (Å²) in [5.74, 6) is -1.08. The molecule has 0 fully saturated rings. The van der Waals surface area contributed by atoms with Crippen LogP contribution < -0.4 is 10.6 Å². The molecule has 35 heavy (non-hydrogen) atoms. The van der Waals surface area contributed by atoms with E-state index in [9.17, 15) is 14.4 Å². The molecule has 1 unspecified atom stereocenters. The van der Waals surface area contributed by atoms with Gasteiger partial charge in [-0.3, -0.25) is 9.78 Å². The highest BCUT2D eigenvalue weighted by Gasteiger charge is 2.29. The van der Waals surface area contributed by atoms with Crippen LogP contribution in [-0.2, 0) is 9.53 Å². The normalized spacial score (nSPS) is 12.8. The third kappa shape index (κ3) is 5.63. The van der Waals surface area contributed by atoms with Gasteiger partial charge in [0.25, 0.3) is 0 Å². The second-order valence-electron chi connectivity index (χ2n) is 8.06. The number of amides is 2. The Morgan fingerprint density at radius 2 is 1.71 bits per heavy atom. The van der Waals surface area contributed by atoms with Gasteiger partial charge in [0.1, 0.15) is 12.6 Å². The molecule has 2 amide bonds. The minimum Gasteiger partial charge on any atom is -0.478 e. The van der Waals surface area contributed by atoms with E-state index in [2.05, 4.69) is 27.8 Å². The standard InChI is InChI=1S/C26H25N3O5S/c1-35-11-10-23(24(30)28-17-12-16(25(31)32)13-27-14-17)29-26(33)34-15-22-20-8-4-2-6-18(20)19-7-3-5-9-21(19)22/h2-9,12-14,22-23H,10-11,15H2,1H3,(H,28,30)(H,29,33)(H,31,32). The predicted molar refractivity (Wildman–Crippen MR) is 135 cm³/mol. The zero-order chi connectivity index (χ0) is 24.8. The second kappa shape index (κ2) is 11.1. The molecule has 1 aliphatic carbocycles. The largest absolute Gasteiger partial charge is 0.478 e. The molecule has 1 heterocycles. The Bertz CT molecular complexity index is 1200. The van der Waals surface area contributed by atoms with Gasteiger partial charge in [0.15, 0.2) is 0 Å². The topological polar surface area (TPSA) is 118 Å². The number of rotatable bonds is 9. The van der Waals surface area contributed by atoms with E-state index >= 15 is 0 Å². The molecule has 3 aromatic rings. The van der Waals surface area contributed by atoms with E-state index < -0.39 is 24.0 Å². The maximum atomic E-state index is 12.9. The number of aromatic carboxylic acids is 1. The zero-order valence-corrected chi connectivity index (χ0v) is 19.9. The lowest BCUT2D eigenvalue weighted by atomic mass is 9.98. The van der Waals surface area contributed by atoms with Gasteiger partial charge in [-0.2, -0.15) is 11.8 Å². The second-order valence-corrected chi connectivity index (χ2v) is 9.05. The van der Waals surface area contributed by atoms with Crippen molar-refractivity contribution in [3.63, 3.8) is 0 Å². The fourth-order valence-electron chi connectivity index (χ4n) is 4.14. The van der Waals surface area contributed by atoms with Gasteiger partial charge in [-0.25, -0.2) is 9.59 Å². The van der Waals surface area contributed by atoms with E-state index in [4.69, 9.17) is 9.84 Å². The number of fused-ring (bicyclic) bond motifs is 3. The maximum Gasteiger partial charge on any atom is 0.407 e. The first kappa shape index (κ1) is 24.3. The number of ether oxygens (including phenoxy) is 1. The number of carboxylic acids is 1. The Labute approximate surface area is 207 Å².